The van der Waals surface area contributed by atoms with E-state index in [0.29, 0.717) is 12.2 Å². The van der Waals surface area contributed by atoms with Crippen LogP contribution in [-0.2, 0) is 5.41 Å². The maximum atomic E-state index is 11.5. The van der Waals surface area contributed by atoms with E-state index >= 15 is 0 Å². The smallest absolute Gasteiger partial charge is 0.335 e. The Morgan fingerprint density at radius 1 is 1.31 bits per heavy atom. The molecule has 1 N–H and O–H groups in total. The van der Waals surface area contributed by atoms with Crippen LogP contribution in [-0.4, -0.2) is 31.8 Å². The molecule has 0 unspecified atom stereocenters. The van der Waals surface area contributed by atoms with Gasteiger partial charge in [0.25, 0.3) is 0 Å². The Morgan fingerprint density at radius 2 is 2.08 bits per heavy atom. The summed E-state index contributed by atoms with van der Waals surface area (Å²) in [7, 11) is 3.74. The molecule has 0 amide bonds. The highest BCUT2D eigenvalue weighted by Gasteiger charge is 2.49. The van der Waals surface area contributed by atoms with Crippen LogP contribution in [0, 0.1) is 5.92 Å². The molecule has 0 fully saturated rings. The van der Waals surface area contributed by atoms with Crippen LogP contribution >= 0.6 is 0 Å². The van der Waals surface area contributed by atoms with Crippen LogP contribution in [0.25, 0.3) is 0 Å². The number of ether oxygens (including phenoxy) is 2. The van der Waals surface area contributed by atoms with Gasteiger partial charge in [-0.3, -0.25) is 0 Å². The van der Waals surface area contributed by atoms with E-state index in [1.807, 2.05) is 30.3 Å². The van der Waals surface area contributed by atoms with Crippen molar-refractivity contribution >= 4 is 11.7 Å². The van der Waals surface area contributed by atoms with Gasteiger partial charge in [-0.25, -0.2) is 4.79 Å². The lowest BCUT2D eigenvalue weighted by Gasteiger charge is -2.52. The first-order chi connectivity index (χ1) is 12.4. The molecule has 26 heavy (non-hydrogen) atoms. The normalized spacial score (nSPS) is 22.5. The number of carboxylic acid groups (broad SMARTS) is 1. The number of carbonyl (C=O) groups is 1. The second-order valence-corrected chi connectivity index (χ2v) is 7.60. The van der Waals surface area contributed by atoms with Crippen molar-refractivity contribution in [2.75, 3.05) is 25.7 Å². The molecular weight excluding hydrogens is 330 g/mol. The SMILES string of the molecule is COc1cccc2c1[C@@H]1[C@@H](CO2)C(C)(C)c2cc(C(=O)O)ccc2N1C. The van der Waals surface area contributed by atoms with Gasteiger partial charge in [-0.1, -0.05) is 19.9 Å². The number of carboxylic acids is 1. The number of anilines is 1. The van der Waals surface area contributed by atoms with E-state index in [-0.39, 0.29) is 17.4 Å². The predicted octanol–water partition coefficient (Wildman–Crippen LogP) is 3.87. The molecule has 0 bridgehead atoms. The Balaban J connectivity index is 1.93. The van der Waals surface area contributed by atoms with Crippen LogP contribution in [0.2, 0.25) is 0 Å². The minimum atomic E-state index is -0.903. The Morgan fingerprint density at radius 3 is 2.77 bits per heavy atom. The average Bonchev–Trinajstić information content (AvgIpc) is 2.64. The van der Waals surface area contributed by atoms with Crippen molar-refractivity contribution in [2.45, 2.75) is 25.3 Å². The van der Waals surface area contributed by atoms with Crippen LogP contribution in [0.3, 0.4) is 0 Å². The average molecular weight is 353 g/mol. The minimum Gasteiger partial charge on any atom is -0.496 e. The van der Waals surface area contributed by atoms with Crippen molar-refractivity contribution in [1.82, 2.24) is 0 Å². The van der Waals surface area contributed by atoms with Gasteiger partial charge in [0, 0.05) is 24.1 Å². The van der Waals surface area contributed by atoms with E-state index < -0.39 is 5.97 Å². The first-order valence-corrected chi connectivity index (χ1v) is 8.76. The molecule has 0 spiro atoms. The third-order valence-corrected chi connectivity index (χ3v) is 6.00. The van der Waals surface area contributed by atoms with Crippen molar-refractivity contribution in [3.05, 3.63) is 53.1 Å². The number of benzene rings is 2. The van der Waals surface area contributed by atoms with Crippen molar-refractivity contribution in [3.63, 3.8) is 0 Å². The van der Waals surface area contributed by atoms with E-state index in [2.05, 4.69) is 25.8 Å². The molecule has 0 saturated heterocycles. The van der Waals surface area contributed by atoms with Crippen LogP contribution < -0.4 is 14.4 Å². The summed E-state index contributed by atoms with van der Waals surface area (Å²) in [5.41, 5.74) is 3.24. The van der Waals surface area contributed by atoms with Crippen LogP contribution in [0.1, 0.15) is 41.4 Å². The fourth-order valence-electron chi connectivity index (χ4n) is 4.50. The van der Waals surface area contributed by atoms with E-state index in [9.17, 15) is 9.90 Å². The van der Waals surface area contributed by atoms with Crippen molar-refractivity contribution in [1.29, 1.82) is 0 Å². The lowest BCUT2D eigenvalue weighted by atomic mass is 9.64. The molecule has 0 saturated carbocycles. The lowest BCUT2D eigenvalue weighted by Crippen LogP contribution is -2.50. The predicted molar refractivity (Wildman–Crippen MR) is 99.6 cm³/mol. The number of nitrogens with zero attached hydrogens (tertiary/aromatic N) is 1. The number of hydrogen-bond acceptors (Lipinski definition) is 4. The minimum absolute atomic E-state index is 0.105. The first kappa shape index (κ1) is 16.8. The summed E-state index contributed by atoms with van der Waals surface area (Å²) in [4.78, 5) is 13.7. The fourth-order valence-corrected chi connectivity index (χ4v) is 4.50. The summed E-state index contributed by atoms with van der Waals surface area (Å²) in [6.45, 7) is 4.93. The molecular formula is C21H23NO4. The second kappa shape index (κ2) is 5.66. The summed E-state index contributed by atoms with van der Waals surface area (Å²) in [5.74, 6) is 0.956. The fraction of sp³-hybridized carbons (Fsp3) is 0.381. The Labute approximate surface area is 153 Å². The zero-order chi connectivity index (χ0) is 18.6. The molecule has 5 heteroatoms. The second-order valence-electron chi connectivity index (χ2n) is 7.60. The topological polar surface area (TPSA) is 59.0 Å². The van der Waals surface area contributed by atoms with E-state index in [0.717, 1.165) is 28.3 Å². The summed E-state index contributed by atoms with van der Waals surface area (Å²) in [5, 5.41) is 9.40. The molecule has 0 aliphatic carbocycles. The van der Waals surface area contributed by atoms with Gasteiger partial charge in [-0.15, -0.1) is 0 Å². The lowest BCUT2D eigenvalue weighted by molar-refractivity contribution is 0.0696. The van der Waals surface area contributed by atoms with E-state index in [4.69, 9.17) is 9.47 Å². The summed E-state index contributed by atoms with van der Waals surface area (Å²) in [6.07, 6.45) is 0. The molecule has 2 atom stereocenters. The van der Waals surface area contributed by atoms with Gasteiger partial charge in [-0.2, -0.15) is 0 Å². The third kappa shape index (κ3) is 2.19. The number of fused-ring (bicyclic) bond motifs is 4. The molecule has 2 aromatic rings. The standard InChI is InChI=1S/C21H23NO4/c1-21(2)13-10-12(20(23)24)8-9-15(13)22(3)19-14(21)11-26-17-7-5-6-16(25-4)18(17)19/h5-10,14,19H,11H2,1-4H3,(H,23,24)/t14-,19+/m1/s1. The summed E-state index contributed by atoms with van der Waals surface area (Å²) >= 11 is 0. The van der Waals surface area contributed by atoms with Gasteiger partial charge in [0.2, 0.25) is 0 Å². The number of aromatic carboxylic acids is 1. The molecule has 2 aromatic carbocycles. The van der Waals surface area contributed by atoms with E-state index in [1.54, 1.807) is 13.2 Å². The Hall–Kier alpha value is -2.69. The van der Waals surface area contributed by atoms with Crippen LogP contribution in [0.4, 0.5) is 5.69 Å². The zero-order valence-electron chi connectivity index (χ0n) is 15.4. The van der Waals surface area contributed by atoms with Crippen molar-refractivity contribution in [3.8, 4) is 11.5 Å². The van der Waals surface area contributed by atoms with Gasteiger partial charge in [0.1, 0.15) is 11.5 Å². The molecule has 0 aromatic heterocycles. The maximum absolute atomic E-state index is 11.5. The van der Waals surface area contributed by atoms with Crippen molar-refractivity contribution < 1.29 is 19.4 Å². The number of methoxy groups -OCH3 is 1. The van der Waals surface area contributed by atoms with E-state index in [1.165, 1.54) is 0 Å². The Bertz CT molecular complexity index is 875. The monoisotopic (exact) mass is 353 g/mol. The van der Waals surface area contributed by atoms with Gasteiger partial charge >= 0.3 is 5.97 Å². The van der Waals surface area contributed by atoms with Gasteiger partial charge < -0.3 is 19.5 Å². The molecule has 5 nitrogen and oxygen atoms in total. The Kier molecular flexibility index (Phi) is 3.65. The van der Waals surface area contributed by atoms with Gasteiger partial charge in [0.05, 0.1) is 30.9 Å². The highest BCUT2D eigenvalue weighted by molar-refractivity contribution is 5.89. The highest BCUT2D eigenvalue weighted by atomic mass is 16.5. The maximum Gasteiger partial charge on any atom is 0.335 e. The molecule has 2 aliphatic heterocycles. The van der Waals surface area contributed by atoms with Crippen LogP contribution in [0.5, 0.6) is 11.5 Å². The molecule has 2 aliphatic rings. The van der Waals surface area contributed by atoms with Gasteiger partial charge in [-0.05, 0) is 35.9 Å². The highest BCUT2D eigenvalue weighted by Crippen LogP contribution is 2.56. The number of hydrogen-bond donors (Lipinski definition) is 1. The summed E-state index contributed by atoms with van der Waals surface area (Å²) < 4.78 is 11.7. The molecule has 2 heterocycles. The largest absolute Gasteiger partial charge is 0.496 e. The zero-order valence-corrected chi connectivity index (χ0v) is 15.4. The van der Waals surface area contributed by atoms with Gasteiger partial charge in [0.15, 0.2) is 0 Å². The van der Waals surface area contributed by atoms with Crippen LogP contribution in [0.15, 0.2) is 36.4 Å². The molecule has 0 radical (unpaired) electrons. The summed E-state index contributed by atoms with van der Waals surface area (Å²) in [6, 6.07) is 11.4. The van der Waals surface area contributed by atoms with Crippen molar-refractivity contribution in [2.24, 2.45) is 5.92 Å². The number of rotatable bonds is 2. The molecule has 4 rings (SSSR count). The first-order valence-electron chi connectivity index (χ1n) is 8.76. The third-order valence-electron chi connectivity index (χ3n) is 6.00. The molecule has 136 valence electrons. The quantitative estimate of drug-likeness (QED) is 0.888.